The molecule has 1 heterocycles. The van der Waals surface area contributed by atoms with Crippen LogP contribution in [-0.4, -0.2) is 28.9 Å². The molecule has 2 unspecified atom stereocenters. The van der Waals surface area contributed by atoms with E-state index < -0.39 is 0 Å². The highest BCUT2D eigenvalue weighted by Gasteiger charge is 2.42. The average Bonchev–Trinajstić information content (AvgIpc) is 3.25. The average molecular weight is 497 g/mol. The molecule has 34 heavy (non-hydrogen) atoms. The first-order valence-corrected chi connectivity index (χ1v) is 11.9. The number of hydrogen-bond donors (Lipinski definition) is 1. The predicted octanol–water partition coefficient (Wildman–Crippen LogP) is 6.37. The Morgan fingerprint density at radius 3 is 2.18 bits per heavy atom. The van der Waals surface area contributed by atoms with Crippen molar-refractivity contribution in [2.45, 2.75) is 38.5 Å². The van der Waals surface area contributed by atoms with E-state index in [0.717, 1.165) is 11.1 Å². The van der Waals surface area contributed by atoms with Crippen molar-refractivity contribution in [1.29, 1.82) is 0 Å². The Hall–Kier alpha value is -2.86. The standard InChI is InChI=1S/C27H26Cl2N2O3/c1-3-4-24(33)31-26(19-7-11-22(29)12-8-19)25(18-5-9-21(28)10-6-18)30-27(31)20-13-17(16-32)14-23(15-20)34-2/h5-15,25-26,32H,3-4,16H2,1-2H3. The molecule has 4 rings (SSSR count). The molecule has 0 bridgehead atoms. The Labute approximate surface area is 209 Å². The van der Waals surface area contributed by atoms with Crippen molar-refractivity contribution < 1.29 is 14.6 Å². The second kappa shape index (κ2) is 10.6. The summed E-state index contributed by atoms with van der Waals surface area (Å²) in [6.07, 6.45) is 1.09. The molecule has 3 aromatic rings. The SMILES string of the molecule is CCCC(=O)N1C(c2cc(CO)cc(OC)c2)=NC(c2ccc(Cl)cc2)C1c1ccc(Cl)cc1. The van der Waals surface area contributed by atoms with Crippen LogP contribution in [0, 0.1) is 0 Å². The van der Waals surface area contributed by atoms with E-state index in [1.54, 1.807) is 18.1 Å². The Balaban J connectivity index is 1.92. The molecular weight excluding hydrogens is 471 g/mol. The minimum absolute atomic E-state index is 0.0222. The van der Waals surface area contributed by atoms with Crippen molar-refractivity contribution in [1.82, 2.24) is 4.90 Å². The number of methoxy groups -OCH3 is 1. The van der Waals surface area contributed by atoms with Gasteiger partial charge in [-0.2, -0.15) is 0 Å². The molecule has 176 valence electrons. The highest BCUT2D eigenvalue weighted by atomic mass is 35.5. The second-order valence-corrected chi connectivity index (χ2v) is 9.06. The van der Waals surface area contributed by atoms with Crippen LogP contribution in [0.25, 0.3) is 0 Å². The lowest BCUT2D eigenvalue weighted by molar-refractivity contribution is -0.128. The molecule has 0 fully saturated rings. The van der Waals surface area contributed by atoms with Crippen LogP contribution in [-0.2, 0) is 11.4 Å². The summed E-state index contributed by atoms with van der Waals surface area (Å²) in [5.74, 6) is 1.11. The largest absolute Gasteiger partial charge is 0.497 e. The summed E-state index contributed by atoms with van der Waals surface area (Å²) in [7, 11) is 1.57. The summed E-state index contributed by atoms with van der Waals surface area (Å²) in [5, 5.41) is 11.1. The number of aliphatic hydroxyl groups is 1. The molecule has 2 atom stereocenters. The molecule has 1 aliphatic rings. The number of hydrogen-bond acceptors (Lipinski definition) is 4. The molecule has 1 N–H and O–H groups in total. The molecule has 1 aliphatic heterocycles. The number of carbonyl (C=O) groups is 1. The van der Waals surface area contributed by atoms with E-state index in [1.165, 1.54) is 0 Å². The van der Waals surface area contributed by atoms with Gasteiger partial charge in [-0.1, -0.05) is 54.4 Å². The smallest absolute Gasteiger partial charge is 0.228 e. The second-order valence-electron chi connectivity index (χ2n) is 8.19. The first-order chi connectivity index (χ1) is 16.4. The number of aliphatic imine (C=N–C) groups is 1. The van der Waals surface area contributed by atoms with Crippen LogP contribution < -0.4 is 4.74 Å². The van der Waals surface area contributed by atoms with Crippen molar-refractivity contribution in [3.05, 3.63) is 99.0 Å². The number of ether oxygens (including phenoxy) is 1. The third kappa shape index (κ3) is 4.97. The quantitative estimate of drug-likeness (QED) is 0.413. The van der Waals surface area contributed by atoms with Crippen molar-refractivity contribution in [3.8, 4) is 5.75 Å². The number of carbonyl (C=O) groups excluding carboxylic acids is 1. The van der Waals surface area contributed by atoms with Gasteiger partial charge in [-0.25, -0.2) is 0 Å². The number of rotatable bonds is 7. The zero-order valence-corrected chi connectivity index (χ0v) is 20.6. The molecule has 0 saturated carbocycles. The zero-order chi connectivity index (χ0) is 24.2. The fourth-order valence-corrected chi connectivity index (χ4v) is 4.52. The third-order valence-electron chi connectivity index (χ3n) is 5.87. The Kier molecular flexibility index (Phi) is 7.57. The summed E-state index contributed by atoms with van der Waals surface area (Å²) in [4.78, 5) is 20.4. The van der Waals surface area contributed by atoms with Crippen LogP contribution in [0.1, 0.15) is 54.1 Å². The molecule has 0 saturated heterocycles. The number of nitrogens with zero attached hydrogens (tertiary/aromatic N) is 2. The highest BCUT2D eigenvalue weighted by molar-refractivity contribution is 6.30. The predicted molar refractivity (Wildman–Crippen MR) is 136 cm³/mol. The number of amidine groups is 1. The lowest BCUT2D eigenvalue weighted by atomic mass is 9.93. The van der Waals surface area contributed by atoms with Crippen molar-refractivity contribution in [2.75, 3.05) is 7.11 Å². The first-order valence-electron chi connectivity index (χ1n) is 11.1. The van der Waals surface area contributed by atoms with Crippen LogP contribution in [0.3, 0.4) is 0 Å². The topological polar surface area (TPSA) is 62.1 Å². The number of halogens is 2. The lowest BCUT2D eigenvalue weighted by Crippen LogP contribution is -2.37. The molecular formula is C27H26Cl2N2O3. The van der Waals surface area contributed by atoms with Crippen LogP contribution in [0.5, 0.6) is 5.75 Å². The van der Waals surface area contributed by atoms with Gasteiger partial charge in [0, 0.05) is 22.0 Å². The fraction of sp³-hybridized carbons (Fsp3) is 0.259. The normalized spacial score (nSPS) is 17.6. The zero-order valence-electron chi connectivity index (χ0n) is 19.0. The van der Waals surface area contributed by atoms with E-state index >= 15 is 0 Å². The summed E-state index contributed by atoms with van der Waals surface area (Å²) < 4.78 is 5.45. The van der Waals surface area contributed by atoms with E-state index in [9.17, 15) is 9.90 Å². The molecule has 7 heteroatoms. The Morgan fingerprint density at radius 1 is 1.00 bits per heavy atom. The van der Waals surface area contributed by atoms with E-state index in [0.29, 0.717) is 45.6 Å². The van der Waals surface area contributed by atoms with Crippen LogP contribution in [0.4, 0.5) is 0 Å². The lowest BCUT2D eigenvalue weighted by Gasteiger charge is -2.30. The van der Waals surface area contributed by atoms with Crippen molar-refractivity contribution in [2.24, 2.45) is 4.99 Å². The maximum absolute atomic E-state index is 13.5. The van der Waals surface area contributed by atoms with Gasteiger partial charge in [0.15, 0.2) is 0 Å². The number of benzene rings is 3. The van der Waals surface area contributed by atoms with Crippen LogP contribution >= 0.6 is 23.2 Å². The van der Waals surface area contributed by atoms with Crippen LogP contribution in [0.2, 0.25) is 10.0 Å². The van der Waals surface area contributed by atoms with Gasteiger partial charge in [-0.15, -0.1) is 0 Å². The van der Waals surface area contributed by atoms with Crippen molar-refractivity contribution in [3.63, 3.8) is 0 Å². The summed E-state index contributed by atoms with van der Waals surface area (Å²) >= 11 is 12.3. The molecule has 3 aromatic carbocycles. The third-order valence-corrected chi connectivity index (χ3v) is 6.37. The van der Waals surface area contributed by atoms with Crippen molar-refractivity contribution >= 4 is 34.9 Å². The summed E-state index contributed by atoms with van der Waals surface area (Å²) in [5.41, 5.74) is 3.26. The van der Waals surface area contributed by atoms with E-state index in [-0.39, 0.29) is 24.6 Å². The van der Waals surface area contributed by atoms with Gasteiger partial charge in [0.1, 0.15) is 17.6 Å². The first kappa shape index (κ1) is 24.3. The van der Waals surface area contributed by atoms with Gasteiger partial charge >= 0.3 is 0 Å². The molecule has 0 aromatic heterocycles. The summed E-state index contributed by atoms with van der Waals surface area (Å²) in [6.45, 7) is 1.83. The van der Waals surface area contributed by atoms with E-state index in [1.807, 2.05) is 67.6 Å². The number of amides is 1. The molecule has 5 nitrogen and oxygen atoms in total. The van der Waals surface area contributed by atoms with E-state index in [4.69, 9.17) is 32.9 Å². The summed E-state index contributed by atoms with van der Waals surface area (Å²) in [6, 6.07) is 19.8. The maximum atomic E-state index is 13.5. The minimum Gasteiger partial charge on any atom is -0.497 e. The highest BCUT2D eigenvalue weighted by Crippen LogP contribution is 2.44. The van der Waals surface area contributed by atoms with Gasteiger partial charge < -0.3 is 9.84 Å². The number of aliphatic hydroxyl groups excluding tert-OH is 1. The Morgan fingerprint density at radius 2 is 1.62 bits per heavy atom. The minimum atomic E-state index is -0.365. The van der Waals surface area contributed by atoms with Gasteiger partial charge in [-0.05, 0) is 65.6 Å². The molecule has 0 spiro atoms. The van der Waals surface area contributed by atoms with Gasteiger partial charge in [0.2, 0.25) is 5.91 Å². The maximum Gasteiger partial charge on any atom is 0.228 e. The molecule has 0 radical (unpaired) electrons. The van der Waals surface area contributed by atoms with Gasteiger partial charge in [0.05, 0.1) is 19.8 Å². The molecule has 0 aliphatic carbocycles. The van der Waals surface area contributed by atoms with Gasteiger partial charge in [0.25, 0.3) is 0 Å². The fourth-order valence-electron chi connectivity index (χ4n) is 4.27. The Bertz CT molecular complexity index is 1170. The molecule has 1 amide bonds. The monoisotopic (exact) mass is 496 g/mol. The van der Waals surface area contributed by atoms with Crippen LogP contribution in [0.15, 0.2) is 71.7 Å². The van der Waals surface area contributed by atoms with Gasteiger partial charge in [-0.3, -0.25) is 14.7 Å². The van der Waals surface area contributed by atoms with E-state index in [2.05, 4.69) is 0 Å².